The molecule has 74 valence electrons. The largest absolute Gasteiger partial charge is 0.300 e. The van der Waals surface area contributed by atoms with Gasteiger partial charge in [0.15, 0.2) is 0 Å². The van der Waals surface area contributed by atoms with Crippen LogP contribution >= 0.6 is 27.5 Å². The van der Waals surface area contributed by atoms with Crippen LogP contribution in [0.3, 0.4) is 0 Å². The number of hydrogen-bond donors (Lipinski definition) is 0. The quantitative estimate of drug-likeness (QED) is 0.795. The number of rotatable bonds is 3. The van der Waals surface area contributed by atoms with E-state index in [2.05, 4.69) is 15.9 Å². The lowest BCUT2D eigenvalue weighted by atomic mass is 10.1. The molecule has 1 rings (SSSR count). The molecule has 0 unspecified atom stereocenters. The summed E-state index contributed by atoms with van der Waals surface area (Å²) >= 11 is 8.63. The van der Waals surface area contributed by atoms with Crippen molar-refractivity contribution in [3.8, 4) is 0 Å². The number of ketones is 1. The summed E-state index contributed by atoms with van der Waals surface area (Å²) in [7, 11) is 0. The highest BCUT2D eigenvalue weighted by molar-refractivity contribution is 9.10. The van der Waals surface area contributed by atoms with Gasteiger partial charge in [0.2, 0.25) is 0 Å². The molecule has 1 aromatic rings. The van der Waals surface area contributed by atoms with Crippen molar-refractivity contribution in [1.29, 1.82) is 0 Å². The molecule has 0 bridgehead atoms. The van der Waals surface area contributed by atoms with E-state index >= 15 is 0 Å². The number of carbonyl (C=O) groups excluding carboxylic acids is 2. The van der Waals surface area contributed by atoms with Crippen LogP contribution in [0.2, 0.25) is 0 Å². The van der Waals surface area contributed by atoms with Crippen LogP contribution in [0.25, 0.3) is 0 Å². The van der Waals surface area contributed by atoms with E-state index in [1.165, 1.54) is 6.92 Å². The van der Waals surface area contributed by atoms with Gasteiger partial charge in [-0.2, -0.15) is 0 Å². The minimum absolute atomic E-state index is 0.0462. The van der Waals surface area contributed by atoms with Crippen LogP contribution in [-0.4, -0.2) is 11.0 Å². The second-order valence-corrected chi connectivity index (χ2v) is 4.16. The van der Waals surface area contributed by atoms with Gasteiger partial charge in [0, 0.05) is 16.5 Å². The second-order valence-electron chi connectivity index (χ2n) is 2.96. The molecular weight excluding hydrogens is 267 g/mol. The Labute approximate surface area is 95.4 Å². The van der Waals surface area contributed by atoms with Crippen LogP contribution < -0.4 is 0 Å². The fourth-order valence-electron chi connectivity index (χ4n) is 1.10. The Hall–Kier alpha value is -0.670. The van der Waals surface area contributed by atoms with E-state index in [0.29, 0.717) is 12.0 Å². The molecule has 0 N–H and O–H groups in total. The number of carbonyl (C=O) groups is 2. The molecule has 0 saturated heterocycles. The van der Waals surface area contributed by atoms with Crippen LogP contribution in [0.15, 0.2) is 22.7 Å². The smallest absolute Gasteiger partial charge is 0.252 e. The first-order valence-electron chi connectivity index (χ1n) is 3.98. The molecule has 0 amide bonds. The topological polar surface area (TPSA) is 34.1 Å². The van der Waals surface area contributed by atoms with Gasteiger partial charge in [-0.1, -0.05) is 15.9 Å². The first-order chi connectivity index (χ1) is 6.50. The summed E-state index contributed by atoms with van der Waals surface area (Å²) in [6.45, 7) is 1.50. The SMILES string of the molecule is CC(=O)Cc1cc(C(=O)Cl)ccc1Br. The van der Waals surface area contributed by atoms with Gasteiger partial charge in [-0.15, -0.1) is 0 Å². The lowest BCUT2D eigenvalue weighted by molar-refractivity contribution is -0.116. The Morgan fingerprint density at radius 2 is 2.07 bits per heavy atom. The van der Waals surface area contributed by atoms with E-state index < -0.39 is 5.24 Å². The van der Waals surface area contributed by atoms with Crippen LogP contribution in [0.4, 0.5) is 0 Å². The molecule has 14 heavy (non-hydrogen) atoms. The van der Waals surface area contributed by atoms with E-state index in [1.807, 2.05) is 0 Å². The van der Waals surface area contributed by atoms with Crippen molar-refractivity contribution < 1.29 is 9.59 Å². The Kier molecular flexibility index (Phi) is 3.84. The summed E-state index contributed by atoms with van der Waals surface area (Å²) in [6.07, 6.45) is 0.304. The van der Waals surface area contributed by atoms with E-state index in [-0.39, 0.29) is 5.78 Å². The van der Waals surface area contributed by atoms with Gasteiger partial charge in [-0.05, 0) is 42.3 Å². The second kappa shape index (κ2) is 4.71. The van der Waals surface area contributed by atoms with E-state index in [9.17, 15) is 9.59 Å². The van der Waals surface area contributed by atoms with Crippen LogP contribution in [0.1, 0.15) is 22.8 Å². The summed E-state index contributed by atoms with van der Waals surface area (Å²) in [5.74, 6) is 0.0462. The number of benzene rings is 1. The molecule has 0 saturated carbocycles. The molecule has 0 aliphatic carbocycles. The average molecular weight is 276 g/mol. The first-order valence-corrected chi connectivity index (χ1v) is 5.15. The van der Waals surface area contributed by atoms with Crippen molar-refractivity contribution >= 4 is 38.6 Å². The van der Waals surface area contributed by atoms with Crippen molar-refractivity contribution in [2.45, 2.75) is 13.3 Å². The first kappa shape index (κ1) is 11.4. The Morgan fingerprint density at radius 1 is 1.43 bits per heavy atom. The van der Waals surface area contributed by atoms with Gasteiger partial charge < -0.3 is 0 Å². The third-order valence-corrected chi connectivity index (χ3v) is 2.70. The molecule has 1 aromatic carbocycles. The Morgan fingerprint density at radius 3 is 2.57 bits per heavy atom. The van der Waals surface area contributed by atoms with Gasteiger partial charge in [0.25, 0.3) is 5.24 Å². The molecular formula is C10H8BrClO2. The summed E-state index contributed by atoms with van der Waals surface area (Å²) < 4.78 is 0.814. The highest BCUT2D eigenvalue weighted by Crippen LogP contribution is 2.20. The minimum Gasteiger partial charge on any atom is -0.300 e. The van der Waals surface area contributed by atoms with Gasteiger partial charge in [0.05, 0.1) is 0 Å². The zero-order chi connectivity index (χ0) is 10.7. The number of hydrogen-bond acceptors (Lipinski definition) is 2. The molecule has 0 radical (unpaired) electrons. The lowest BCUT2D eigenvalue weighted by Gasteiger charge is -2.03. The zero-order valence-electron chi connectivity index (χ0n) is 7.51. The maximum absolute atomic E-state index is 10.9. The van der Waals surface area contributed by atoms with Crippen LogP contribution in [-0.2, 0) is 11.2 Å². The molecule has 2 nitrogen and oxygen atoms in total. The standard InChI is InChI=1S/C10H8BrClO2/c1-6(13)4-8-5-7(10(12)14)2-3-9(8)11/h2-3,5H,4H2,1H3. The third kappa shape index (κ3) is 2.93. The van der Waals surface area contributed by atoms with E-state index in [1.54, 1.807) is 18.2 Å². The van der Waals surface area contributed by atoms with Crippen molar-refractivity contribution in [2.24, 2.45) is 0 Å². The van der Waals surface area contributed by atoms with Gasteiger partial charge >= 0.3 is 0 Å². The molecule has 0 spiro atoms. The molecule has 4 heteroatoms. The molecule has 0 fully saturated rings. The highest BCUT2D eigenvalue weighted by Gasteiger charge is 2.07. The molecule has 0 aliphatic heterocycles. The average Bonchev–Trinajstić information content (AvgIpc) is 2.07. The fraction of sp³-hybridized carbons (Fsp3) is 0.200. The summed E-state index contributed by atoms with van der Waals surface area (Å²) in [5, 5.41) is -0.512. The van der Waals surface area contributed by atoms with E-state index in [0.717, 1.165) is 10.0 Å². The predicted octanol–water partition coefficient (Wildman–Crippen LogP) is 2.96. The van der Waals surface area contributed by atoms with Crippen LogP contribution in [0.5, 0.6) is 0 Å². The number of halogens is 2. The minimum atomic E-state index is -0.512. The van der Waals surface area contributed by atoms with Crippen molar-refractivity contribution in [3.63, 3.8) is 0 Å². The molecule has 0 aromatic heterocycles. The normalized spacial score (nSPS) is 9.93. The van der Waals surface area contributed by atoms with Crippen molar-refractivity contribution in [2.75, 3.05) is 0 Å². The lowest BCUT2D eigenvalue weighted by Crippen LogP contribution is -1.99. The van der Waals surface area contributed by atoms with E-state index in [4.69, 9.17) is 11.6 Å². The molecule has 0 atom stereocenters. The third-order valence-electron chi connectivity index (χ3n) is 1.71. The van der Waals surface area contributed by atoms with Gasteiger partial charge in [-0.25, -0.2) is 0 Å². The summed E-state index contributed by atoms with van der Waals surface area (Å²) in [4.78, 5) is 21.8. The van der Waals surface area contributed by atoms with Crippen LogP contribution in [0, 0.1) is 0 Å². The Balaban J connectivity index is 3.08. The monoisotopic (exact) mass is 274 g/mol. The van der Waals surface area contributed by atoms with Gasteiger partial charge in [-0.3, -0.25) is 9.59 Å². The van der Waals surface area contributed by atoms with Crippen molar-refractivity contribution in [3.05, 3.63) is 33.8 Å². The van der Waals surface area contributed by atoms with Gasteiger partial charge in [0.1, 0.15) is 5.78 Å². The molecule has 0 heterocycles. The zero-order valence-corrected chi connectivity index (χ0v) is 9.85. The summed E-state index contributed by atoms with van der Waals surface area (Å²) in [5.41, 5.74) is 1.19. The highest BCUT2D eigenvalue weighted by atomic mass is 79.9. The predicted molar refractivity (Wildman–Crippen MR) is 58.7 cm³/mol. The molecule has 0 aliphatic rings. The maximum Gasteiger partial charge on any atom is 0.252 e. The van der Waals surface area contributed by atoms with Crippen molar-refractivity contribution in [1.82, 2.24) is 0 Å². The number of Topliss-reactive ketones (excluding diaryl/α,β-unsaturated/α-hetero) is 1. The maximum atomic E-state index is 10.9. The summed E-state index contributed by atoms with van der Waals surface area (Å²) in [6, 6.07) is 4.96. The Bertz CT molecular complexity index is 388. The fourth-order valence-corrected chi connectivity index (χ4v) is 1.61.